The van der Waals surface area contributed by atoms with Crippen molar-refractivity contribution in [3.8, 4) is 0 Å². The molecule has 3 rings (SSSR count). The zero-order valence-electron chi connectivity index (χ0n) is 14.1. The Balaban J connectivity index is 1.36. The van der Waals surface area contributed by atoms with E-state index in [1.165, 1.54) is 5.56 Å². The average Bonchev–Trinajstić information content (AvgIpc) is 3.00. The van der Waals surface area contributed by atoms with Gasteiger partial charge in [-0.25, -0.2) is 0 Å². The fourth-order valence-corrected chi connectivity index (χ4v) is 2.91. The molecule has 0 atom stereocenters. The van der Waals surface area contributed by atoms with Gasteiger partial charge in [-0.3, -0.25) is 15.0 Å². The molecule has 2 heterocycles. The molecule has 1 saturated heterocycles. The second-order valence-corrected chi connectivity index (χ2v) is 6.23. The van der Waals surface area contributed by atoms with E-state index in [2.05, 4.69) is 44.5 Å². The molecule has 0 unspecified atom stereocenters. The third-order valence-corrected chi connectivity index (χ3v) is 4.28. The molecule has 1 aliphatic rings. The van der Waals surface area contributed by atoms with Crippen molar-refractivity contribution in [3.05, 3.63) is 47.7 Å². The van der Waals surface area contributed by atoms with Crippen molar-refractivity contribution in [3.63, 3.8) is 0 Å². The minimum absolute atomic E-state index is 0.0520. The van der Waals surface area contributed by atoms with Gasteiger partial charge in [0.15, 0.2) is 0 Å². The number of piperazine rings is 1. The third kappa shape index (κ3) is 4.91. The Morgan fingerprint density at radius 1 is 1.17 bits per heavy atom. The molecular formula is C18H24N4O2. The third-order valence-electron chi connectivity index (χ3n) is 4.28. The highest BCUT2D eigenvalue weighted by atomic mass is 16.5. The van der Waals surface area contributed by atoms with Gasteiger partial charge in [-0.05, 0) is 18.9 Å². The molecule has 24 heavy (non-hydrogen) atoms. The molecule has 1 aromatic carbocycles. The van der Waals surface area contributed by atoms with Crippen LogP contribution < -0.4 is 5.32 Å². The van der Waals surface area contributed by atoms with Crippen molar-refractivity contribution < 1.29 is 9.32 Å². The maximum atomic E-state index is 12.0. The number of benzene rings is 1. The van der Waals surface area contributed by atoms with Crippen LogP contribution in [0.1, 0.15) is 11.3 Å². The molecule has 0 saturated carbocycles. The fraction of sp³-hybridized carbons (Fsp3) is 0.444. The van der Waals surface area contributed by atoms with Crippen LogP contribution in [0.2, 0.25) is 0 Å². The van der Waals surface area contributed by atoms with Gasteiger partial charge in [0.1, 0.15) is 0 Å². The molecule has 6 heteroatoms. The van der Waals surface area contributed by atoms with Gasteiger partial charge >= 0.3 is 0 Å². The summed E-state index contributed by atoms with van der Waals surface area (Å²) in [5.74, 6) is 0.364. The Morgan fingerprint density at radius 2 is 1.88 bits per heavy atom. The lowest BCUT2D eigenvalue weighted by Gasteiger charge is -2.34. The first kappa shape index (κ1) is 16.7. The smallest absolute Gasteiger partial charge is 0.240 e. The van der Waals surface area contributed by atoms with Crippen molar-refractivity contribution in [2.24, 2.45) is 0 Å². The van der Waals surface area contributed by atoms with E-state index >= 15 is 0 Å². The van der Waals surface area contributed by atoms with Gasteiger partial charge in [0.25, 0.3) is 0 Å². The summed E-state index contributed by atoms with van der Waals surface area (Å²) in [5, 5.41) is 6.51. The van der Waals surface area contributed by atoms with E-state index in [0.29, 0.717) is 12.4 Å². The van der Waals surface area contributed by atoms with E-state index in [-0.39, 0.29) is 5.91 Å². The maximum absolute atomic E-state index is 12.0. The number of aryl methyl sites for hydroxylation is 1. The topological polar surface area (TPSA) is 61.6 Å². The molecule has 1 fully saturated rings. The lowest BCUT2D eigenvalue weighted by atomic mass is 10.1. The Morgan fingerprint density at radius 3 is 2.54 bits per heavy atom. The molecular weight excluding hydrogens is 304 g/mol. The monoisotopic (exact) mass is 328 g/mol. The molecule has 0 spiro atoms. The Labute approximate surface area is 142 Å². The predicted octanol–water partition coefficient (Wildman–Crippen LogP) is 1.78. The summed E-state index contributed by atoms with van der Waals surface area (Å²) in [5.41, 5.74) is 2.14. The molecule has 6 nitrogen and oxygen atoms in total. The van der Waals surface area contributed by atoms with E-state index in [1.807, 2.05) is 13.0 Å². The molecule has 0 radical (unpaired) electrons. The van der Waals surface area contributed by atoms with Crippen molar-refractivity contribution >= 4 is 11.8 Å². The largest absolute Gasteiger partial charge is 0.338 e. The van der Waals surface area contributed by atoms with Crippen molar-refractivity contribution in [1.82, 2.24) is 15.0 Å². The standard InChI is InChI=1S/C18H24N4O2/c1-15-13-18(24-20-15)19-17(23)14-22-11-9-21(10-12-22)8-7-16-5-3-2-4-6-16/h2-6,13H,7-12,14H2,1H3,(H,19,23). The van der Waals surface area contributed by atoms with Gasteiger partial charge in [-0.1, -0.05) is 35.5 Å². The Kier molecular flexibility index (Phi) is 5.61. The molecule has 1 aliphatic heterocycles. The summed E-state index contributed by atoms with van der Waals surface area (Å²) in [6.07, 6.45) is 1.08. The number of anilines is 1. The first-order valence-electron chi connectivity index (χ1n) is 8.41. The quantitative estimate of drug-likeness (QED) is 0.876. The number of carbonyl (C=O) groups is 1. The van der Waals surface area contributed by atoms with Gasteiger partial charge in [-0.15, -0.1) is 0 Å². The minimum atomic E-state index is -0.0520. The highest BCUT2D eigenvalue weighted by Gasteiger charge is 2.19. The first-order chi connectivity index (χ1) is 11.7. The van der Waals surface area contributed by atoms with Crippen LogP contribution in [0.25, 0.3) is 0 Å². The summed E-state index contributed by atoms with van der Waals surface area (Å²) in [4.78, 5) is 16.7. The lowest BCUT2D eigenvalue weighted by Crippen LogP contribution is -2.49. The van der Waals surface area contributed by atoms with E-state index in [0.717, 1.165) is 44.8 Å². The van der Waals surface area contributed by atoms with E-state index in [4.69, 9.17) is 4.52 Å². The summed E-state index contributed by atoms with van der Waals surface area (Å²) in [7, 11) is 0. The number of aromatic nitrogens is 1. The highest BCUT2D eigenvalue weighted by Crippen LogP contribution is 2.09. The number of hydrogen-bond donors (Lipinski definition) is 1. The van der Waals surface area contributed by atoms with Crippen molar-refractivity contribution in [2.45, 2.75) is 13.3 Å². The maximum Gasteiger partial charge on any atom is 0.240 e. The number of amides is 1. The molecule has 0 aliphatic carbocycles. The minimum Gasteiger partial charge on any atom is -0.338 e. The van der Waals surface area contributed by atoms with E-state index < -0.39 is 0 Å². The number of carbonyl (C=O) groups excluding carboxylic acids is 1. The summed E-state index contributed by atoms with van der Waals surface area (Å²) in [6.45, 7) is 7.12. The fourth-order valence-electron chi connectivity index (χ4n) is 2.91. The Hall–Kier alpha value is -2.18. The first-order valence-corrected chi connectivity index (χ1v) is 8.41. The molecule has 1 N–H and O–H groups in total. The van der Waals surface area contributed by atoms with Crippen LogP contribution in [0.3, 0.4) is 0 Å². The lowest BCUT2D eigenvalue weighted by molar-refractivity contribution is -0.117. The van der Waals surface area contributed by atoms with Crippen LogP contribution >= 0.6 is 0 Å². The van der Waals surface area contributed by atoms with Crippen LogP contribution in [-0.2, 0) is 11.2 Å². The van der Waals surface area contributed by atoms with E-state index in [9.17, 15) is 4.79 Å². The molecule has 1 aromatic heterocycles. The van der Waals surface area contributed by atoms with Crippen LogP contribution in [-0.4, -0.2) is 60.1 Å². The zero-order valence-corrected chi connectivity index (χ0v) is 14.1. The van der Waals surface area contributed by atoms with Crippen LogP contribution in [0, 0.1) is 6.92 Å². The second-order valence-electron chi connectivity index (χ2n) is 6.23. The van der Waals surface area contributed by atoms with Crippen LogP contribution in [0.4, 0.5) is 5.88 Å². The zero-order chi connectivity index (χ0) is 16.8. The highest BCUT2D eigenvalue weighted by molar-refractivity contribution is 5.90. The average molecular weight is 328 g/mol. The SMILES string of the molecule is Cc1cc(NC(=O)CN2CCN(CCc3ccccc3)CC2)on1. The van der Waals surface area contributed by atoms with Gasteiger partial charge in [0.05, 0.1) is 12.2 Å². The molecule has 128 valence electrons. The summed E-state index contributed by atoms with van der Waals surface area (Å²) < 4.78 is 5.01. The number of nitrogens with zero attached hydrogens (tertiary/aromatic N) is 3. The summed E-state index contributed by atoms with van der Waals surface area (Å²) >= 11 is 0. The summed E-state index contributed by atoms with van der Waals surface area (Å²) in [6, 6.07) is 12.3. The van der Waals surface area contributed by atoms with Crippen molar-refractivity contribution in [1.29, 1.82) is 0 Å². The normalized spacial score (nSPS) is 16.2. The molecule has 1 amide bonds. The number of hydrogen-bond acceptors (Lipinski definition) is 5. The molecule has 2 aromatic rings. The van der Waals surface area contributed by atoms with Gasteiger partial charge < -0.3 is 9.42 Å². The predicted molar refractivity (Wildman–Crippen MR) is 92.9 cm³/mol. The number of nitrogens with one attached hydrogen (secondary N) is 1. The Bertz CT molecular complexity index is 648. The van der Waals surface area contributed by atoms with Crippen LogP contribution in [0.5, 0.6) is 0 Å². The van der Waals surface area contributed by atoms with Crippen molar-refractivity contribution in [2.75, 3.05) is 44.6 Å². The van der Waals surface area contributed by atoms with Gasteiger partial charge in [-0.2, -0.15) is 0 Å². The molecule has 0 bridgehead atoms. The van der Waals surface area contributed by atoms with Crippen LogP contribution in [0.15, 0.2) is 40.9 Å². The second kappa shape index (κ2) is 8.08. The van der Waals surface area contributed by atoms with Gasteiger partial charge in [0, 0.05) is 38.8 Å². The van der Waals surface area contributed by atoms with E-state index in [1.54, 1.807) is 6.07 Å². The number of rotatable bonds is 6. The van der Waals surface area contributed by atoms with Gasteiger partial charge in [0.2, 0.25) is 11.8 Å².